The van der Waals surface area contributed by atoms with Crippen LogP contribution in [0, 0.1) is 11.3 Å². The van der Waals surface area contributed by atoms with E-state index in [1.807, 2.05) is 6.07 Å². The van der Waals surface area contributed by atoms with Gasteiger partial charge in [-0.3, -0.25) is 4.72 Å². The Hall–Kier alpha value is -4.60. The number of aliphatic hydroxyl groups excluding tert-OH is 1. The number of sulfonamides is 1. The Morgan fingerprint density at radius 1 is 0.974 bits per heavy atom. The number of aromatic nitrogens is 2. The molecule has 4 rings (SSSR count). The van der Waals surface area contributed by atoms with Gasteiger partial charge in [0.2, 0.25) is 0 Å². The zero-order valence-corrected chi connectivity index (χ0v) is 21.4. The first-order valence-corrected chi connectivity index (χ1v) is 12.9. The minimum atomic E-state index is -4.09. The number of ether oxygens (including phenoxy) is 3. The maximum atomic E-state index is 13.2. The molecule has 4 aromatic rings. The third kappa shape index (κ3) is 5.86. The van der Waals surface area contributed by atoms with E-state index >= 15 is 0 Å². The smallest absolute Gasteiger partial charge is 0.263 e. The van der Waals surface area contributed by atoms with Gasteiger partial charge in [0.05, 0.1) is 54.1 Å². The first kappa shape index (κ1) is 26.5. The van der Waals surface area contributed by atoms with Crippen LogP contribution >= 0.6 is 0 Å². The van der Waals surface area contributed by atoms with Crippen LogP contribution in [0.5, 0.6) is 17.2 Å². The molecule has 38 heavy (non-hydrogen) atoms. The Morgan fingerprint density at radius 2 is 1.66 bits per heavy atom. The molecule has 0 bridgehead atoms. The van der Waals surface area contributed by atoms with Gasteiger partial charge in [-0.2, -0.15) is 5.26 Å². The van der Waals surface area contributed by atoms with Crippen LogP contribution in [-0.4, -0.2) is 50.9 Å². The largest absolute Gasteiger partial charge is 0.497 e. The van der Waals surface area contributed by atoms with Crippen LogP contribution in [0.2, 0.25) is 0 Å². The molecule has 0 amide bonds. The van der Waals surface area contributed by atoms with Gasteiger partial charge in [-0.1, -0.05) is 12.1 Å². The predicted octanol–water partition coefficient (Wildman–Crippen LogP) is 3.82. The number of nitrogens with one attached hydrogen (secondary N) is 2. The molecule has 0 saturated carbocycles. The molecule has 0 radical (unpaired) electrons. The van der Waals surface area contributed by atoms with Crippen molar-refractivity contribution in [2.75, 3.05) is 37.5 Å². The fourth-order valence-electron chi connectivity index (χ4n) is 3.51. The van der Waals surface area contributed by atoms with E-state index in [9.17, 15) is 13.5 Å². The summed E-state index contributed by atoms with van der Waals surface area (Å²) in [6, 6.07) is 17.8. The number of fused-ring (bicyclic) bond motifs is 1. The molecule has 0 atom stereocenters. The molecule has 11 nitrogen and oxygen atoms in total. The highest BCUT2D eigenvalue weighted by Crippen LogP contribution is 2.42. The molecule has 196 valence electrons. The molecule has 3 N–H and O–H groups in total. The molecule has 12 heteroatoms. The quantitative estimate of drug-likeness (QED) is 0.241. The van der Waals surface area contributed by atoms with Gasteiger partial charge in [0.1, 0.15) is 5.75 Å². The summed E-state index contributed by atoms with van der Waals surface area (Å²) in [5.41, 5.74) is 1.70. The Morgan fingerprint density at radius 3 is 2.26 bits per heavy atom. The number of anilines is 3. The van der Waals surface area contributed by atoms with Crippen molar-refractivity contribution in [3.05, 3.63) is 66.2 Å². The highest BCUT2D eigenvalue weighted by molar-refractivity contribution is 7.92. The van der Waals surface area contributed by atoms with Crippen molar-refractivity contribution in [1.82, 2.24) is 9.97 Å². The molecular formula is C26H25N5O6S. The first-order valence-electron chi connectivity index (χ1n) is 11.4. The molecule has 1 heterocycles. The summed E-state index contributed by atoms with van der Waals surface area (Å²) in [7, 11) is -1.11. The van der Waals surface area contributed by atoms with Gasteiger partial charge < -0.3 is 24.6 Å². The van der Waals surface area contributed by atoms with Crippen LogP contribution in [0.4, 0.5) is 17.3 Å². The van der Waals surface area contributed by atoms with Gasteiger partial charge in [0, 0.05) is 25.2 Å². The summed E-state index contributed by atoms with van der Waals surface area (Å²) >= 11 is 0. The molecule has 0 unspecified atom stereocenters. The minimum Gasteiger partial charge on any atom is -0.497 e. The van der Waals surface area contributed by atoms with E-state index in [1.165, 1.54) is 38.5 Å². The van der Waals surface area contributed by atoms with E-state index in [1.54, 1.807) is 36.4 Å². The second-order valence-electron chi connectivity index (χ2n) is 7.91. The van der Waals surface area contributed by atoms with Gasteiger partial charge in [-0.05, 0) is 36.4 Å². The predicted molar refractivity (Wildman–Crippen MR) is 142 cm³/mol. The summed E-state index contributed by atoms with van der Waals surface area (Å²) in [6.45, 7) is 0.147. The molecule has 3 aromatic carbocycles. The van der Waals surface area contributed by atoms with E-state index in [-0.39, 0.29) is 29.7 Å². The molecule has 1 aromatic heterocycles. The second kappa shape index (κ2) is 11.6. The van der Waals surface area contributed by atoms with Crippen molar-refractivity contribution < 1.29 is 27.7 Å². The monoisotopic (exact) mass is 535 g/mol. The fourth-order valence-corrected chi connectivity index (χ4v) is 4.52. The van der Waals surface area contributed by atoms with E-state index in [0.717, 1.165) is 0 Å². The van der Waals surface area contributed by atoms with Crippen LogP contribution in [0.15, 0.2) is 65.6 Å². The molecule has 0 fully saturated rings. The van der Waals surface area contributed by atoms with Crippen molar-refractivity contribution in [2.24, 2.45) is 0 Å². The maximum absolute atomic E-state index is 13.2. The van der Waals surface area contributed by atoms with Gasteiger partial charge >= 0.3 is 0 Å². The zero-order chi connectivity index (χ0) is 27.1. The highest BCUT2D eigenvalue weighted by Gasteiger charge is 2.21. The van der Waals surface area contributed by atoms with Crippen LogP contribution in [0.25, 0.3) is 11.0 Å². The SMILES string of the molecule is COc1cc(Nc2nc3ccccc3nc2NS(=O)(=O)c2ccc(C#N)cc2)c(OCCCO)c(OC)c1. The number of hydrogen-bond acceptors (Lipinski definition) is 10. The molecule has 0 saturated heterocycles. The first-order chi connectivity index (χ1) is 18.4. The van der Waals surface area contributed by atoms with E-state index in [4.69, 9.17) is 19.5 Å². The number of aliphatic hydroxyl groups is 1. The third-order valence-corrected chi connectivity index (χ3v) is 6.74. The lowest BCUT2D eigenvalue weighted by molar-refractivity contribution is 0.228. The van der Waals surface area contributed by atoms with Crippen molar-refractivity contribution in [1.29, 1.82) is 5.26 Å². The number of hydrogen-bond donors (Lipinski definition) is 3. The van der Waals surface area contributed by atoms with Gasteiger partial charge in [0.25, 0.3) is 10.0 Å². The van der Waals surface area contributed by atoms with E-state index < -0.39 is 10.0 Å². The standard InChI is InChI=1S/C26H25N5O6S/c1-35-18-14-22(24(23(15-18)36-2)37-13-5-12-32)30-25-26(29-21-7-4-3-6-20(21)28-25)31-38(33,34)19-10-8-17(16-27)9-11-19/h3-4,6-11,14-15,32H,5,12-13H2,1-2H3,(H,28,30)(H,29,31). The van der Waals surface area contributed by atoms with Crippen LogP contribution < -0.4 is 24.2 Å². The van der Waals surface area contributed by atoms with Gasteiger partial charge in [0.15, 0.2) is 23.1 Å². The Labute approximate surface area is 219 Å². The summed E-state index contributed by atoms with van der Waals surface area (Å²) in [5, 5.41) is 21.3. The molecule has 0 aliphatic rings. The van der Waals surface area contributed by atoms with Gasteiger partial charge in [-0.15, -0.1) is 0 Å². The van der Waals surface area contributed by atoms with Crippen LogP contribution in [0.1, 0.15) is 12.0 Å². The number of nitrogens with zero attached hydrogens (tertiary/aromatic N) is 3. The fraction of sp³-hybridized carbons (Fsp3) is 0.192. The third-order valence-electron chi connectivity index (χ3n) is 5.38. The minimum absolute atomic E-state index is 0.0477. The van der Waals surface area contributed by atoms with Crippen LogP contribution in [-0.2, 0) is 10.0 Å². The zero-order valence-electron chi connectivity index (χ0n) is 20.6. The van der Waals surface area contributed by atoms with E-state index in [2.05, 4.69) is 20.0 Å². The Balaban J connectivity index is 1.80. The average Bonchev–Trinajstić information content (AvgIpc) is 2.93. The van der Waals surface area contributed by atoms with Gasteiger partial charge in [-0.25, -0.2) is 18.4 Å². The summed E-state index contributed by atoms with van der Waals surface area (Å²) < 4.78 is 45.6. The highest BCUT2D eigenvalue weighted by atomic mass is 32.2. The Kier molecular flexibility index (Phi) is 8.10. The van der Waals surface area contributed by atoms with Crippen molar-refractivity contribution >= 4 is 38.4 Å². The Bertz CT molecular complexity index is 1590. The number of benzene rings is 3. The van der Waals surface area contributed by atoms with Crippen LogP contribution in [0.3, 0.4) is 0 Å². The maximum Gasteiger partial charge on any atom is 0.263 e. The van der Waals surface area contributed by atoms with E-state index in [0.29, 0.717) is 46.0 Å². The molecular weight excluding hydrogens is 510 g/mol. The lowest BCUT2D eigenvalue weighted by Crippen LogP contribution is -2.16. The lowest BCUT2D eigenvalue weighted by atomic mass is 10.2. The normalized spacial score (nSPS) is 11.0. The number of rotatable bonds is 11. The second-order valence-corrected chi connectivity index (χ2v) is 9.59. The van der Waals surface area contributed by atoms with Crippen molar-refractivity contribution in [3.8, 4) is 23.3 Å². The van der Waals surface area contributed by atoms with Crippen molar-refractivity contribution in [3.63, 3.8) is 0 Å². The number of methoxy groups -OCH3 is 2. The molecule has 0 aliphatic heterocycles. The lowest BCUT2D eigenvalue weighted by Gasteiger charge is -2.19. The number of nitriles is 1. The van der Waals surface area contributed by atoms with Crippen molar-refractivity contribution in [2.45, 2.75) is 11.3 Å². The average molecular weight is 536 g/mol. The molecule has 0 spiro atoms. The topological polar surface area (TPSA) is 156 Å². The molecule has 0 aliphatic carbocycles. The summed E-state index contributed by atoms with van der Waals surface area (Å²) in [4.78, 5) is 9.06. The summed E-state index contributed by atoms with van der Waals surface area (Å²) in [6.07, 6.45) is 0.389. The number of para-hydroxylation sites is 2. The summed E-state index contributed by atoms with van der Waals surface area (Å²) in [5.74, 6) is 1.17.